The predicted molar refractivity (Wildman–Crippen MR) is 424 cm³/mol. The van der Waals surface area contributed by atoms with Gasteiger partial charge in [-0.1, -0.05) is 183 Å². The van der Waals surface area contributed by atoms with Gasteiger partial charge >= 0.3 is 11.9 Å². The number of nitrogens with zero attached hydrogens (tertiary/aromatic N) is 4. The molecule has 12 rings (SSSR count). The van der Waals surface area contributed by atoms with Crippen molar-refractivity contribution in [2.75, 3.05) is 44.3 Å². The fraction of sp³-hybridized carbons (Fsp3) is 0.333. The average molecular weight is 1760 g/mol. The Labute approximate surface area is 672 Å². The fourth-order valence-electron chi connectivity index (χ4n) is 12.9. The summed E-state index contributed by atoms with van der Waals surface area (Å²) in [7, 11) is -0.853. The molecule has 0 aliphatic heterocycles. The van der Waals surface area contributed by atoms with Crippen LogP contribution in [0.5, 0.6) is 0 Å². The first-order valence-electron chi connectivity index (χ1n) is 32.6. The van der Waals surface area contributed by atoms with Gasteiger partial charge in [0.05, 0.1) is 101 Å². The Balaban J connectivity index is 0.000000187. The lowest BCUT2D eigenvalue weighted by Crippen LogP contribution is -2.47. The number of aliphatic hydroxyl groups excluding tert-OH is 1. The highest BCUT2D eigenvalue weighted by Gasteiger charge is 2.51. The normalized spacial score (nSPS) is 19.1. The van der Waals surface area contributed by atoms with Crippen molar-refractivity contribution in [2.24, 2.45) is 17.8 Å². The molecule has 0 atom stereocenters. The van der Waals surface area contributed by atoms with Crippen molar-refractivity contribution in [3.05, 3.63) is 243 Å². The Morgan fingerprint density at radius 3 is 1.24 bits per heavy atom. The van der Waals surface area contributed by atoms with Crippen LogP contribution in [0.2, 0.25) is 40.7 Å². The van der Waals surface area contributed by atoms with E-state index in [1.165, 1.54) is 68.3 Å². The van der Waals surface area contributed by atoms with Crippen molar-refractivity contribution in [1.29, 1.82) is 0 Å². The summed E-state index contributed by atoms with van der Waals surface area (Å²) in [4.78, 5) is 40.7. The number of esters is 2. The van der Waals surface area contributed by atoms with E-state index < -0.39 is 44.2 Å². The Hall–Kier alpha value is -5.53. The zero-order valence-corrected chi connectivity index (χ0v) is 67.5. The second kappa shape index (κ2) is 39.4. The Morgan fingerprint density at radius 1 is 0.509 bits per heavy atom. The minimum Gasteiger partial charge on any atom is -0.469 e. The minimum atomic E-state index is -3.55. The summed E-state index contributed by atoms with van der Waals surface area (Å²) < 4.78 is 96.5. The molecule has 4 heterocycles. The van der Waals surface area contributed by atoms with Crippen LogP contribution in [0, 0.1) is 41.0 Å². The standard InChI is InChI=1S/C18H18Cl2FNO3S.C18H16Cl2FNO2.C17H16Cl2FNO.C14H10Cl2FNO2.C10H12Br2O.CH4/c1-11-8-18(9-11,10-25-26(2,23)24)13-6-16(22-17(20)7-13)12-3-4-15(21)14(19)5-12;1-10-8-18(9-10,17(23)24-2)12-6-15(22-16(20)7-12)11-3-4-14(21)13(19)5-11;1-10-7-17(8-10,9-22)12-5-15(21-16(19)6-12)11-2-3-14(20)13(18)4-11;1-20-14(19)6-8-4-12(18-13(16)5-8)9-2-3-11(17)10(15)7-9;11-6-10(7-12)13-8-9-4-2-1-3-5-9;/h3-7,11H,8-10H2,1-2H3;3-7,10H,8-9H2,1-2H3;2-6,10,22H,7-9H2,1H3;2-5,7H,6H2,1H3;1-5,10H,6-8H2;1H4. The summed E-state index contributed by atoms with van der Waals surface area (Å²) in [6.07, 6.45) is 6.18. The number of benzene rings is 5. The number of halogens is 14. The van der Waals surface area contributed by atoms with Gasteiger partial charge < -0.3 is 19.3 Å². The molecule has 13 nitrogen and oxygen atoms in total. The Kier molecular flexibility index (Phi) is 32.6. The number of pyridine rings is 4. The quantitative estimate of drug-likeness (QED) is 0.0266. The predicted octanol–water partition coefficient (Wildman–Crippen LogP) is 22.6. The lowest BCUT2D eigenvalue weighted by atomic mass is 9.59. The highest BCUT2D eigenvalue weighted by atomic mass is 79.9. The van der Waals surface area contributed by atoms with Gasteiger partial charge in [0.15, 0.2) is 0 Å². The molecule has 9 aromatic rings. The first-order valence-corrected chi connectivity index (χ1v) is 39.7. The van der Waals surface area contributed by atoms with Crippen molar-refractivity contribution < 1.29 is 59.1 Å². The summed E-state index contributed by atoms with van der Waals surface area (Å²) in [5.74, 6) is -1.16. The monoisotopic (exact) mass is 1760 g/mol. The zero-order valence-electron chi connectivity index (χ0n) is 57.4. The Morgan fingerprint density at radius 2 is 0.877 bits per heavy atom. The van der Waals surface area contributed by atoms with E-state index in [1.54, 1.807) is 60.7 Å². The molecule has 106 heavy (non-hydrogen) atoms. The number of carbonyl (C=O) groups is 2. The number of ether oxygens (including phenoxy) is 3. The maximum Gasteiger partial charge on any atom is 0.316 e. The molecule has 0 radical (unpaired) electrons. The third-order valence-electron chi connectivity index (χ3n) is 17.9. The van der Waals surface area contributed by atoms with Gasteiger partial charge in [0.25, 0.3) is 10.1 Å². The van der Waals surface area contributed by atoms with Gasteiger partial charge in [0.2, 0.25) is 0 Å². The van der Waals surface area contributed by atoms with Gasteiger partial charge in [-0.3, -0.25) is 13.8 Å². The molecular weight excluding hydrogens is 1690 g/mol. The van der Waals surface area contributed by atoms with E-state index in [4.69, 9.17) is 106 Å². The molecule has 0 bridgehead atoms. The van der Waals surface area contributed by atoms with E-state index >= 15 is 0 Å². The average Bonchev–Trinajstić information content (AvgIpc) is 0.758. The smallest absolute Gasteiger partial charge is 0.316 e. The zero-order chi connectivity index (χ0) is 76.7. The second-order valence-corrected chi connectivity index (χ2v) is 32.3. The highest BCUT2D eigenvalue weighted by molar-refractivity contribution is 9.09. The third kappa shape index (κ3) is 23.5. The van der Waals surface area contributed by atoms with E-state index in [2.05, 4.69) is 89.4 Å². The number of aliphatic hydroxyl groups is 1. The number of aromatic nitrogens is 4. The van der Waals surface area contributed by atoms with Crippen LogP contribution in [0.3, 0.4) is 0 Å². The van der Waals surface area contributed by atoms with Gasteiger partial charge in [-0.15, -0.1) is 0 Å². The van der Waals surface area contributed by atoms with E-state index in [-0.39, 0.29) is 86.1 Å². The van der Waals surface area contributed by atoms with Gasteiger partial charge in [0, 0.05) is 43.7 Å². The highest BCUT2D eigenvalue weighted by Crippen LogP contribution is 2.52. The van der Waals surface area contributed by atoms with Crippen LogP contribution >= 0.6 is 125 Å². The summed E-state index contributed by atoms with van der Waals surface area (Å²) >= 11 is 54.6. The van der Waals surface area contributed by atoms with Crippen LogP contribution in [0.15, 0.2) is 152 Å². The topological polar surface area (TPSA) is 177 Å². The number of carbonyl (C=O) groups excluding carboxylic acids is 2. The molecule has 5 aromatic carbocycles. The molecule has 4 aromatic heterocycles. The van der Waals surface area contributed by atoms with Crippen LogP contribution in [-0.4, -0.2) is 95.9 Å². The molecule has 3 saturated carbocycles. The van der Waals surface area contributed by atoms with E-state index in [1.807, 2.05) is 30.3 Å². The molecule has 0 unspecified atom stereocenters. The molecule has 0 saturated heterocycles. The second-order valence-electron chi connectivity index (χ2n) is 26.2. The maximum atomic E-state index is 13.4. The van der Waals surface area contributed by atoms with Crippen LogP contribution in [0.25, 0.3) is 45.0 Å². The molecule has 0 spiro atoms. The first-order chi connectivity index (χ1) is 49.7. The molecule has 566 valence electrons. The summed E-state index contributed by atoms with van der Waals surface area (Å²) in [6.45, 7) is 7.17. The summed E-state index contributed by atoms with van der Waals surface area (Å²) in [5.41, 5.74) is 7.93. The molecule has 0 amide bonds. The molecular formula is C78H76Br2Cl8F4N4O9S. The summed E-state index contributed by atoms with van der Waals surface area (Å²) in [6, 6.07) is 41.7. The van der Waals surface area contributed by atoms with E-state index in [0.29, 0.717) is 92.9 Å². The fourth-order valence-corrected chi connectivity index (χ4v) is 16.4. The van der Waals surface area contributed by atoms with Crippen LogP contribution in [0.1, 0.15) is 94.5 Å². The number of alkyl halides is 2. The lowest BCUT2D eigenvalue weighted by Gasteiger charge is -2.46. The molecule has 1 N–H and O–H groups in total. The van der Waals surface area contributed by atoms with Crippen LogP contribution in [0.4, 0.5) is 17.6 Å². The van der Waals surface area contributed by atoms with Crippen molar-refractivity contribution in [3.8, 4) is 45.0 Å². The molecule has 3 fully saturated rings. The molecule has 28 heteroatoms. The van der Waals surface area contributed by atoms with Crippen molar-refractivity contribution >= 4 is 147 Å². The van der Waals surface area contributed by atoms with Crippen LogP contribution in [-0.2, 0) is 67.4 Å². The van der Waals surface area contributed by atoms with Crippen molar-refractivity contribution in [1.82, 2.24) is 19.9 Å². The number of hydrogen-bond acceptors (Lipinski definition) is 13. The molecule has 3 aliphatic carbocycles. The lowest BCUT2D eigenvalue weighted by molar-refractivity contribution is -0.153. The number of methoxy groups -OCH3 is 2. The number of hydrogen-bond donors (Lipinski definition) is 1. The van der Waals surface area contributed by atoms with Crippen molar-refractivity contribution in [2.45, 2.75) is 102 Å². The van der Waals surface area contributed by atoms with E-state index in [0.717, 1.165) is 59.3 Å². The largest absolute Gasteiger partial charge is 0.469 e. The molecule has 3 aliphatic rings. The van der Waals surface area contributed by atoms with Crippen LogP contribution < -0.4 is 0 Å². The maximum absolute atomic E-state index is 13.4. The van der Waals surface area contributed by atoms with Gasteiger partial charge in [0.1, 0.15) is 43.9 Å². The van der Waals surface area contributed by atoms with Crippen molar-refractivity contribution in [3.63, 3.8) is 0 Å². The van der Waals surface area contributed by atoms with Gasteiger partial charge in [-0.05, 0) is 205 Å². The summed E-state index contributed by atoms with van der Waals surface area (Å²) in [5, 5.41) is 12.7. The Bertz CT molecular complexity index is 4660. The first kappa shape index (κ1) is 87.7. The van der Waals surface area contributed by atoms with Gasteiger partial charge in [-0.25, -0.2) is 37.5 Å². The number of rotatable bonds is 19. The SMILES string of the molecule is BrCC(CBr)OCc1ccccc1.C.CC1CC(CO)(c2cc(Cl)nc(-c3ccc(F)c(Cl)c3)c2)C1.CC1CC(COS(C)(=O)=O)(c2cc(Cl)nc(-c3ccc(F)c(Cl)c3)c2)C1.COC(=O)C1(c2cc(Cl)nc(-c3ccc(F)c(Cl)c3)c2)CC(C)C1.COC(=O)Cc1cc(Cl)nc(-c2ccc(F)c(Cl)c2)c1. The minimum absolute atomic E-state index is 0. The van der Waals surface area contributed by atoms with Gasteiger partial charge in [-0.2, -0.15) is 8.42 Å². The van der Waals surface area contributed by atoms with E-state index in [9.17, 15) is 40.7 Å². The third-order valence-corrected chi connectivity index (χ3v) is 21.8.